The smallest absolute Gasteiger partial charge is 0.407 e. The maximum Gasteiger partial charge on any atom is 0.407 e. The van der Waals surface area contributed by atoms with Crippen LogP contribution in [-0.4, -0.2) is 22.2 Å². The molecule has 0 saturated carbocycles. The number of carboxylic acid groups (broad SMARTS) is 1. The number of nitrogens with zero attached hydrogens (tertiary/aromatic N) is 2. The third-order valence-electron chi connectivity index (χ3n) is 6.37. The summed E-state index contributed by atoms with van der Waals surface area (Å²) >= 11 is 0. The van der Waals surface area contributed by atoms with Crippen molar-refractivity contribution < 1.29 is 27.5 Å². The van der Waals surface area contributed by atoms with Gasteiger partial charge in [0.05, 0.1) is 22.8 Å². The molecule has 9 heteroatoms. The lowest BCUT2D eigenvalue weighted by molar-refractivity contribution is -0.158. The van der Waals surface area contributed by atoms with Gasteiger partial charge in [0.15, 0.2) is 0 Å². The van der Waals surface area contributed by atoms with Gasteiger partial charge < -0.3 is 5.11 Å². The average Bonchev–Trinajstić information content (AvgIpc) is 2.90. The highest BCUT2D eigenvalue weighted by Gasteiger charge is 2.40. The summed E-state index contributed by atoms with van der Waals surface area (Å²) in [5, 5.41) is 21.2. The van der Waals surface area contributed by atoms with Crippen LogP contribution in [0, 0.1) is 17.1 Å². The highest BCUT2D eigenvalue weighted by molar-refractivity contribution is 5.84. The molecule has 39 heavy (non-hydrogen) atoms. The van der Waals surface area contributed by atoms with E-state index in [1.54, 1.807) is 30.3 Å². The fraction of sp³-hybridized carbons (Fsp3) is 0.233. The van der Waals surface area contributed by atoms with Crippen molar-refractivity contribution >= 4 is 16.9 Å². The minimum atomic E-state index is -4.54. The van der Waals surface area contributed by atoms with Gasteiger partial charge in [-0.1, -0.05) is 18.2 Å². The molecule has 1 aromatic heterocycles. The van der Waals surface area contributed by atoms with E-state index in [4.69, 9.17) is 15.4 Å². The number of benzene rings is 3. The number of aryl methyl sites for hydroxylation is 1. The summed E-state index contributed by atoms with van der Waals surface area (Å²) in [5.41, 5.74) is 3.76. The monoisotopic (exact) mass is 535 g/mol. The molecule has 0 fully saturated rings. The van der Waals surface area contributed by atoms with Crippen LogP contribution >= 0.6 is 0 Å². The second-order valence-electron chi connectivity index (χ2n) is 9.22. The summed E-state index contributed by atoms with van der Waals surface area (Å²) in [4.78, 5) is 15.7. The molecule has 0 bridgehead atoms. The maximum atomic E-state index is 13.8. The number of nitrogens with one attached hydrogen (secondary N) is 1. The van der Waals surface area contributed by atoms with Crippen LogP contribution in [0.4, 0.5) is 17.6 Å². The summed E-state index contributed by atoms with van der Waals surface area (Å²) in [6.07, 6.45) is -2.87. The summed E-state index contributed by atoms with van der Waals surface area (Å²) in [6, 6.07) is 18.3. The van der Waals surface area contributed by atoms with E-state index in [0.29, 0.717) is 41.6 Å². The Balaban J connectivity index is 1.61. The van der Waals surface area contributed by atoms with Gasteiger partial charge in [-0.3, -0.25) is 10.1 Å². The lowest BCUT2D eigenvalue weighted by atomic mass is 9.98. The second-order valence-corrected chi connectivity index (χ2v) is 9.22. The van der Waals surface area contributed by atoms with E-state index in [2.05, 4.69) is 5.32 Å². The van der Waals surface area contributed by atoms with Crippen LogP contribution < -0.4 is 5.32 Å². The van der Waals surface area contributed by atoms with Crippen LogP contribution in [-0.2, 0) is 17.8 Å². The molecular formula is C30H25F4N3O2. The number of alkyl halides is 3. The Kier molecular flexibility index (Phi) is 8.57. The zero-order valence-corrected chi connectivity index (χ0v) is 20.8. The van der Waals surface area contributed by atoms with Gasteiger partial charge in [-0.25, -0.2) is 9.37 Å². The van der Waals surface area contributed by atoms with Crippen molar-refractivity contribution in [2.24, 2.45) is 0 Å². The van der Waals surface area contributed by atoms with Gasteiger partial charge in [-0.15, -0.1) is 0 Å². The highest BCUT2D eigenvalue weighted by atomic mass is 19.4. The maximum absolute atomic E-state index is 13.8. The van der Waals surface area contributed by atoms with Crippen LogP contribution in [0.5, 0.6) is 0 Å². The lowest BCUT2D eigenvalue weighted by Crippen LogP contribution is -2.33. The first-order chi connectivity index (χ1) is 18.6. The number of hydrogen-bond donors (Lipinski definition) is 2. The van der Waals surface area contributed by atoms with E-state index in [0.717, 1.165) is 10.9 Å². The second kappa shape index (κ2) is 12.0. The molecule has 0 amide bonds. The van der Waals surface area contributed by atoms with Gasteiger partial charge in [-0.2, -0.15) is 18.4 Å². The van der Waals surface area contributed by atoms with Gasteiger partial charge in [-0.05, 0) is 90.6 Å². The lowest BCUT2D eigenvalue weighted by Gasteiger charge is -2.22. The number of aliphatic carboxylic acids is 1. The van der Waals surface area contributed by atoms with E-state index in [9.17, 15) is 22.4 Å². The van der Waals surface area contributed by atoms with Crippen molar-refractivity contribution in [3.8, 4) is 17.3 Å². The van der Waals surface area contributed by atoms with Crippen molar-refractivity contribution in [2.75, 3.05) is 0 Å². The summed E-state index contributed by atoms with van der Waals surface area (Å²) in [7, 11) is 0. The van der Waals surface area contributed by atoms with E-state index in [1.807, 2.05) is 12.1 Å². The standard InChI is InChI=1S/C30H25F4N3O2/c31-25-12-10-21(11-13-25)28-23(3-1-2-4-27(38)39)16-24-15-20(7-14-26(24)37-28)18-36-29(30(32,33)34)22-8-5-19(17-35)6-9-22/h5-16,29,36H,1-4,18H2,(H,38,39)/t29-/m1/s1. The Hall–Kier alpha value is -4.29. The molecule has 1 heterocycles. The number of fused-ring (bicyclic) bond motifs is 1. The number of halogens is 4. The number of pyridine rings is 1. The first-order valence-electron chi connectivity index (χ1n) is 12.3. The summed E-state index contributed by atoms with van der Waals surface area (Å²) < 4.78 is 55.0. The predicted molar refractivity (Wildman–Crippen MR) is 139 cm³/mol. The Bertz CT molecular complexity index is 1490. The third kappa shape index (κ3) is 7.18. The fourth-order valence-electron chi connectivity index (χ4n) is 4.41. The average molecular weight is 536 g/mol. The Morgan fingerprint density at radius 3 is 2.36 bits per heavy atom. The molecule has 0 aliphatic rings. The topological polar surface area (TPSA) is 86.0 Å². The Labute approximate surface area is 222 Å². The summed E-state index contributed by atoms with van der Waals surface area (Å²) in [5.74, 6) is -1.25. The van der Waals surface area contributed by atoms with Crippen molar-refractivity contribution in [2.45, 2.75) is 44.4 Å². The molecule has 4 aromatic rings. The minimum absolute atomic E-state index is 0.0107. The third-order valence-corrected chi connectivity index (χ3v) is 6.37. The molecule has 0 saturated heterocycles. The first kappa shape index (κ1) is 27.7. The van der Waals surface area contributed by atoms with Gasteiger partial charge in [0.25, 0.3) is 0 Å². The number of hydrogen-bond acceptors (Lipinski definition) is 4. The number of nitriles is 1. The SMILES string of the molecule is N#Cc1ccc([C@@H](NCc2ccc3nc(-c4ccc(F)cc4)c(CCCCC(=O)O)cc3c2)C(F)(F)F)cc1. The van der Waals surface area contributed by atoms with E-state index in [1.165, 1.54) is 36.4 Å². The van der Waals surface area contributed by atoms with Crippen LogP contribution in [0.2, 0.25) is 0 Å². The van der Waals surface area contributed by atoms with Gasteiger partial charge in [0.1, 0.15) is 11.9 Å². The van der Waals surface area contributed by atoms with Crippen LogP contribution in [0.15, 0.2) is 72.8 Å². The van der Waals surface area contributed by atoms with Crippen molar-refractivity contribution in [3.05, 3.63) is 101 Å². The van der Waals surface area contributed by atoms with Gasteiger partial charge in [0, 0.05) is 23.9 Å². The first-order valence-corrected chi connectivity index (χ1v) is 12.3. The molecule has 0 aliphatic carbocycles. The number of carbonyl (C=O) groups is 1. The van der Waals surface area contributed by atoms with Crippen LogP contribution in [0.25, 0.3) is 22.2 Å². The molecule has 200 valence electrons. The van der Waals surface area contributed by atoms with E-state index in [-0.39, 0.29) is 29.9 Å². The number of rotatable bonds is 10. The molecule has 0 spiro atoms. The van der Waals surface area contributed by atoms with Crippen LogP contribution in [0.1, 0.15) is 47.6 Å². The normalized spacial score (nSPS) is 12.3. The van der Waals surface area contributed by atoms with Crippen molar-refractivity contribution in [3.63, 3.8) is 0 Å². The zero-order valence-electron chi connectivity index (χ0n) is 20.8. The van der Waals surface area contributed by atoms with E-state index < -0.39 is 18.2 Å². The number of aromatic nitrogens is 1. The molecule has 5 nitrogen and oxygen atoms in total. The largest absolute Gasteiger partial charge is 0.481 e. The Morgan fingerprint density at radius 2 is 1.72 bits per heavy atom. The molecule has 0 radical (unpaired) electrons. The van der Waals surface area contributed by atoms with Crippen molar-refractivity contribution in [1.29, 1.82) is 5.26 Å². The molecular weight excluding hydrogens is 510 g/mol. The fourth-order valence-corrected chi connectivity index (χ4v) is 4.41. The van der Waals surface area contributed by atoms with E-state index >= 15 is 0 Å². The predicted octanol–water partition coefficient (Wildman–Crippen LogP) is 7.10. The molecule has 0 aliphatic heterocycles. The van der Waals surface area contributed by atoms with Gasteiger partial charge in [0.2, 0.25) is 0 Å². The van der Waals surface area contributed by atoms with Gasteiger partial charge >= 0.3 is 12.1 Å². The highest BCUT2D eigenvalue weighted by Crippen LogP contribution is 2.33. The number of carboxylic acids is 1. The minimum Gasteiger partial charge on any atom is -0.481 e. The molecule has 3 aromatic carbocycles. The molecule has 0 unspecified atom stereocenters. The molecule has 1 atom stereocenters. The summed E-state index contributed by atoms with van der Waals surface area (Å²) in [6.45, 7) is -0.0617. The number of unbranched alkanes of at least 4 members (excludes halogenated alkanes) is 1. The zero-order chi connectivity index (χ0) is 28.0. The molecule has 4 rings (SSSR count). The van der Waals surface area contributed by atoms with Crippen LogP contribution in [0.3, 0.4) is 0 Å². The van der Waals surface area contributed by atoms with Crippen molar-refractivity contribution in [1.82, 2.24) is 10.3 Å². The molecule has 2 N–H and O–H groups in total. The quantitative estimate of drug-likeness (QED) is 0.167. The Morgan fingerprint density at radius 1 is 1.00 bits per heavy atom.